The van der Waals surface area contributed by atoms with Crippen molar-refractivity contribution in [1.29, 1.82) is 0 Å². The van der Waals surface area contributed by atoms with Gasteiger partial charge in [-0.2, -0.15) is 0 Å². The van der Waals surface area contributed by atoms with Crippen molar-refractivity contribution in [3.63, 3.8) is 0 Å². The number of hydrogen-bond donors (Lipinski definition) is 0. The third-order valence-corrected chi connectivity index (χ3v) is 12.1. The highest BCUT2D eigenvalue weighted by Gasteiger charge is 2.28. The summed E-state index contributed by atoms with van der Waals surface area (Å²) in [5.41, 5.74) is 4.82. The zero-order valence-electron chi connectivity index (χ0n) is 23.4. The number of amides is 1. The molecule has 0 bridgehead atoms. The number of likely N-dealkylation sites (N-methyl/N-ethyl adjacent to an activating group) is 1. The van der Waals surface area contributed by atoms with E-state index in [0.717, 1.165) is 4.88 Å². The maximum atomic E-state index is 12.5. The van der Waals surface area contributed by atoms with Gasteiger partial charge >= 0.3 is 0 Å². The van der Waals surface area contributed by atoms with E-state index in [1.165, 1.54) is 85.5 Å². The van der Waals surface area contributed by atoms with Crippen LogP contribution in [0.5, 0.6) is 0 Å². The number of para-hydroxylation sites is 1. The minimum absolute atomic E-state index is 0.0274. The van der Waals surface area contributed by atoms with Crippen LogP contribution in [0.2, 0.25) is 0 Å². The van der Waals surface area contributed by atoms with E-state index < -0.39 is 0 Å². The van der Waals surface area contributed by atoms with Crippen LogP contribution < -0.4 is 0 Å². The van der Waals surface area contributed by atoms with Gasteiger partial charge in [-0.3, -0.25) is 9.69 Å². The van der Waals surface area contributed by atoms with Crippen LogP contribution >= 0.6 is 46.7 Å². The summed E-state index contributed by atoms with van der Waals surface area (Å²) in [6, 6.07) is 39.9. The van der Waals surface area contributed by atoms with Gasteiger partial charge in [-0.05, 0) is 87.8 Å². The van der Waals surface area contributed by atoms with Crippen LogP contribution in [0.15, 0.2) is 114 Å². The molecule has 7 heteroatoms. The molecular weight excluding hydrogens is 617 g/mol. The number of nitrogens with zero attached hydrogens (tertiary/aromatic N) is 2. The second kappa shape index (κ2) is 9.87. The molecule has 0 N–H and O–H groups in total. The maximum Gasteiger partial charge on any atom is 0.265 e. The Morgan fingerprint density at radius 2 is 1.43 bits per heavy atom. The minimum atomic E-state index is -0.0274. The Balaban J connectivity index is 1.13. The number of rotatable bonds is 3. The van der Waals surface area contributed by atoms with E-state index in [-0.39, 0.29) is 5.91 Å². The van der Waals surface area contributed by atoms with Crippen molar-refractivity contribution >= 4 is 116 Å². The lowest BCUT2D eigenvalue weighted by molar-refractivity contribution is -0.121. The van der Waals surface area contributed by atoms with E-state index in [1.807, 2.05) is 17.4 Å². The van der Waals surface area contributed by atoms with E-state index in [2.05, 4.69) is 114 Å². The Labute approximate surface area is 270 Å². The molecule has 1 saturated heterocycles. The average Bonchev–Trinajstić information content (AvgIpc) is 3.79. The van der Waals surface area contributed by atoms with Crippen molar-refractivity contribution in [2.24, 2.45) is 0 Å². The number of fused-ring (bicyclic) bond motifs is 6. The third-order valence-electron chi connectivity index (χ3n) is 8.38. The topological polar surface area (TPSA) is 25.2 Å². The zero-order valence-corrected chi connectivity index (χ0v) is 26.7. The first-order valence-corrected chi connectivity index (χ1v) is 17.1. The first-order valence-electron chi connectivity index (χ1n) is 14.2. The first-order chi connectivity index (χ1) is 21.5. The normalized spacial score (nSPS) is 14.9. The summed E-state index contributed by atoms with van der Waals surface area (Å²) in [5.74, 6) is -0.0274. The predicted octanol–water partition coefficient (Wildman–Crippen LogP) is 10.9. The second-order valence-corrected chi connectivity index (χ2v) is 14.9. The zero-order chi connectivity index (χ0) is 29.5. The molecule has 210 valence electrons. The summed E-state index contributed by atoms with van der Waals surface area (Å²) < 4.78 is 5.46. The number of hydrogen-bond acceptors (Lipinski definition) is 5. The SMILES string of the molecule is CN1C(=O)/C(=C\c2cc3cc4sc(-c5ccc6c(c5)c5ccccc5n6-c5ccc6ccccc6c5)cc4cc3s2)SC1=S. The molecule has 0 aliphatic carbocycles. The van der Waals surface area contributed by atoms with Gasteiger partial charge in [0, 0.05) is 42.7 Å². The molecule has 44 heavy (non-hydrogen) atoms. The predicted molar refractivity (Wildman–Crippen MR) is 195 cm³/mol. The fourth-order valence-electron chi connectivity index (χ4n) is 6.20. The Bertz CT molecular complexity index is 2500. The fraction of sp³-hybridized carbons (Fsp3) is 0.0270. The molecule has 4 heterocycles. The molecule has 1 fully saturated rings. The summed E-state index contributed by atoms with van der Waals surface area (Å²) in [5, 5.41) is 7.44. The van der Waals surface area contributed by atoms with Gasteiger partial charge in [-0.15, -0.1) is 22.7 Å². The molecule has 1 aliphatic heterocycles. The van der Waals surface area contributed by atoms with Crippen molar-refractivity contribution in [3.8, 4) is 16.1 Å². The highest BCUT2D eigenvalue weighted by atomic mass is 32.2. The van der Waals surface area contributed by atoms with Crippen LogP contribution in [0.4, 0.5) is 0 Å². The lowest BCUT2D eigenvalue weighted by Gasteiger charge is -2.09. The molecule has 0 atom stereocenters. The van der Waals surface area contributed by atoms with Crippen molar-refractivity contribution in [1.82, 2.24) is 9.47 Å². The maximum absolute atomic E-state index is 12.5. The number of benzene rings is 5. The van der Waals surface area contributed by atoms with Gasteiger partial charge in [0.15, 0.2) is 0 Å². The Kier molecular flexibility index (Phi) is 5.87. The summed E-state index contributed by atoms with van der Waals surface area (Å²) in [7, 11) is 1.73. The van der Waals surface area contributed by atoms with E-state index in [4.69, 9.17) is 12.2 Å². The lowest BCUT2D eigenvalue weighted by Crippen LogP contribution is -2.22. The quantitative estimate of drug-likeness (QED) is 0.142. The van der Waals surface area contributed by atoms with Gasteiger partial charge in [0.2, 0.25) is 0 Å². The molecule has 1 amide bonds. The highest BCUT2D eigenvalue weighted by molar-refractivity contribution is 8.26. The number of thiocarbonyl (C=S) groups is 1. The number of carbonyl (C=O) groups is 1. The average molecular weight is 639 g/mol. The molecule has 3 nitrogen and oxygen atoms in total. The van der Waals surface area contributed by atoms with Crippen LogP contribution in [-0.4, -0.2) is 26.7 Å². The summed E-state index contributed by atoms with van der Waals surface area (Å²) in [6.45, 7) is 0. The van der Waals surface area contributed by atoms with E-state index in [0.29, 0.717) is 9.23 Å². The fourth-order valence-corrected chi connectivity index (χ4v) is 9.57. The molecule has 1 aliphatic rings. The van der Waals surface area contributed by atoms with Crippen LogP contribution in [0.25, 0.3) is 75.0 Å². The number of thioether (sulfide) groups is 1. The van der Waals surface area contributed by atoms with E-state index >= 15 is 0 Å². The van der Waals surface area contributed by atoms with E-state index in [1.54, 1.807) is 18.4 Å². The van der Waals surface area contributed by atoms with E-state index in [9.17, 15) is 4.79 Å². The van der Waals surface area contributed by atoms with Crippen LogP contribution in [0.1, 0.15) is 4.88 Å². The Hall–Kier alpha value is -4.27. The van der Waals surface area contributed by atoms with Crippen LogP contribution in [0, 0.1) is 0 Å². The molecule has 5 aromatic carbocycles. The largest absolute Gasteiger partial charge is 0.309 e. The molecule has 0 spiro atoms. The third kappa shape index (κ3) is 4.08. The van der Waals surface area contributed by atoms with Gasteiger partial charge in [-0.25, -0.2) is 0 Å². The Morgan fingerprint density at radius 3 is 2.27 bits per heavy atom. The number of aromatic nitrogens is 1. The van der Waals surface area contributed by atoms with Gasteiger partial charge < -0.3 is 4.57 Å². The number of thiophene rings is 2. The van der Waals surface area contributed by atoms with Crippen LogP contribution in [0.3, 0.4) is 0 Å². The summed E-state index contributed by atoms with van der Waals surface area (Å²) >= 11 is 10.2. The lowest BCUT2D eigenvalue weighted by atomic mass is 10.1. The molecule has 3 aromatic heterocycles. The second-order valence-electron chi connectivity index (χ2n) is 11.0. The Morgan fingerprint density at radius 1 is 0.682 bits per heavy atom. The van der Waals surface area contributed by atoms with Gasteiger partial charge in [-0.1, -0.05) is 78.6 Å². The molecule has 8 aromatic rings. The smallest absolute Gasteiger partial charge is 0.265 e. The van der Waals surface area contributed by atoms with Crippen molar-refractivity contribution in [2.45, 2.75) is 0 Å². The molecule has 0 saturated carbocycles. The monoisotopic (exact) mass is 638 g/mol. The highest BCUT2D eigenvalue weighted by Crippen LogP contribution is 2.42. The van der Waals surface area contributed by atoms with Crippen LogP contribution in [-0.2, 0) is 4.79 Å². The summed E-state index contributed by atoms with van der Waals surface area (Å²) in [4.78, 5) is 17.0. The van der Waals surface area contributed by atoms with Gasteiger partial charge in [0.25, 0.3) is 5.91 Å². The first kappa shape index (κ1) is 26.2. The number of carbonyl (C=O) groups excluding carboxylic acids is 1. The van der Waals surface area contributed by atoms with Gasteiger partial charge in [0.1, 0.15) is 4.32 Å². The molecule has 0 unspecified atom stereocenters. The van der Waals surface area contributed by atoms with Crippen molar-refractivity contribution in [3.05, 3.63) is 119 Å². The molecule has 9 rings (SSSR count). The van der Waals surface area contributed by atoms with Crippen molar-refractivity contribution in [2.75, 3.05) is 7.05 Å². The van der Waals surface area contributed by atoms with Gasteiger partial charge in [0.05, 0.1) is 15.9 Å². The standard InChI is InChI=1S/C37H22N2OS4/c1-38-36(40)35(44-37(38)41)20-27-15-24-17-34-25(19-33(24)42-27)18-32(43-34)23-11-13-31-29(16-23)28-8-4-5-9-30(28)39(31)26-12-10-21-6-2-3-7-22(21)14-26/h2-20H,1H3/b35-20+. The minimum Gasteiger partial charge on any atom is -0.309 e. The molecule has 0 radical (unpaired) electrons. The van der Waals surface area contributed by atoms with Crippen molar-refractivity contribution < 1.29 is 4.79 Å². The summed E-state index contributed by atoms with van der Waals surface area (Å²) in [6.07, 6.45) is 1.97. The molecular formula is C37H22N2OS4.